The average molecular weight is 272 g/mol. The Hall–Kier alpha value is -1.28. The monoisotopic (exact) mass is 272 g/mol. The Morgan fingerprint density at radius 3 is 1.63 bits per heavy atom. The molecule has 0 aliphatic heterocycles. The van der Waals surface area contributed by atoms with E-state index >= 15 is 0 Å². The first-order valence-corrected chi connectivity index (χ1v) is 5.70. The van der Waals surface area contributed by atoms with Gasteiger partial charge < -0.3 is 30.0 Å². The molecule has 1 aromatic rings. The van der Waals surface area contributed by atoms with Gasteiger partial charge in [0, 0.05) is 0 Å². The second-order valence-electron chi connectivity index (χ2n) is 5.01. The van der Waals surface area contributed by atoms with Crippen LogP contribution in [0.5, 0.6) is 11.5 Å². The molecule has 0 saturated heterocycles. The van der Waals surface area contributed by atoms with Crippen LogP contribution in [-0.2, 0) is 0 Å². The van der Waals surface area contributed by atoms with Gasteiger partial charge in [0.15, 0.2) is 0 Å². The molecule has 0 aromatic heterocycles. The highest BCUT2D eigenvalue weighted by molar-refractivity contribution is 6.30. The van der Waals surface area contributed by atoms with Gasteiger partial charge in [0.25, 0.3) is 0 Å². The predicted molar refractivity (Wildman–Crippen MR) is 71.5 cm³/mol. The van der Waals surface area contributed by atoms with Crippen molar-refractivity contribution in [2.75, 3.05) is 0 Å². The summed E-state index contributed by atoms with van der Waals surface area (Å²) in [5, 5.41) is 40.5. The van der Waals surface area contributed by atoms with Crippen LogP contribution >= 0.6 is 0 Å². The Bertz CT molecular complexity index is 366. The second-order valence-corrected chi connectivity index (χ2v) is 5.01. The molecule has 19 heavy (non-hydrogen) atoms. The Balaban J connectivity index is 0.000000711. The zero-order chi connectivity index (χ0) is 15.3. The third-order valence-electron chi connectivity index (χ3n) is 2.68. The van der Waals surface area contributed by atoms with E-state index in [4.69, 9.17) is 24.9 Å². The van der Waals surface area contributed by atoms with Crippen molar-refractivity contribution in [1.29, 1.82) is 0 Å². The van der Waals surface area contributed by atoms with E-state index in [-0.39, 0.29) is 5.75 Å². The molecule has 0 bridgehead atoms. The summed E-state index contributed by atoms with van der Waals surface area (Å²) in [5.41, 5.74) is -1.63. The minimum Gasteiger partial charge on any atom is -0.508 e. The van der Waals surface area contributed by atoms with Gasteiger partial charge in [0.2, 0.25) is 0 Å². The maximum Gasteiger partial charge on any atom is 0.631 e. The predicted octanol–water partition coefficient (Wildman–Crippen LogP) is 0.269. The lowest BCUT2D eigenvalue weighted by atomic mass is 9.89. The summed E-state index contributed by atoms with van der Waals surface area (Å²) in [6, 6.07) is 6.44. The lowest BCUT2D eigenvalue weighted by Gasteiger charge is -2.37. The molecule has 1 aromatic carbocycles. The van der Waals surface area contributed by atoms with Crippen LogP contribution in [0.15, 0.2) is 24.3 Å². The van der Waals surface area contributed by atoms with Gasteiger partial charge in [-0.15, -0.1) is 0 Å². The van der Waals surface area contributed by atoms with Crippen LogP contribution in [0.3, 0.4) is 0 Å². The summed E-state index contributed by atoms with van der Waals surface area (Å²) < 4.78 is 5.66. The van der Waals surface area contributed by atoms with E-state index in [1.807, 2.05) is 13.8 Å². The molecular weight excluding hydrogens is 251 g/mol. The van der Waals surface area contributed by atoms with Crippen LogP contribution in [-0.4, -0.2) is 43.8 Å². The van der Waals surface area contributed by atoms with E-state index in [1.165, 1.54) is 0 Å². The van der Waals surface area contributed by atoms with Gasteiger partial charge in [0.05, 0.1) is 5.60 Å². The summed E-state index contributed by atoms with van der Waals surface area (Å²) in [7, 11) is -2.17. The third kappa shape index (κ3) is 7.02. The van der Waals surface area contributed by atoms with Gasteiger partial charge in [-0.05, 0) is 52.0 Å². The number of aromatic hydroxyl groups is 1. The molecule has 0 radical (unpaired) electrons. The highest BCUT2D eigenvalue weighted by Gasteiger charge is 2.37. The average Bonchev–Trinajstić information content (AvgIpc) is 2.18. The van der Waals surface area contributed by atoms with Crippen LogP contribution in [0.2, 0.25) is 0 Å². The lowest BCUT2D eigenvalue weighted by Crippen LogP contribution is -2.49. The first-order valence-electron chi connectivity index (χ1n) is 5.70. The molecule has 1 rings (SSSR count). The van der Waals surface area contributed by atoms with Crippen molar-refractivity contribution in [3.05, 3.63) is 24.3 Å². The van der Waals surface area contributed by atoms with Crippen molar-refractivity contribution in [3.63, 3.8) is 0 Å². The van der Waals surface area contributed by atoms with Gasteiger partial charge in [-0.2, -0.15) is 0 Å². The molecule has 0 unspecified atom stereocenters. The molecule has 0 atom stereocenters. The molecule has 0 heterocycles. The second kappa shape index (κ2) is 6.77. The molecule has 0 saturated carbocycles. The van der Waals surface area contributed by atoms with E-state index in [0.717, 1.165) is 0 Å². The van der Waals surface area contributed by atoms with E-state index < -0.39 is 18.5 Å². The number of phenols is 1. The fourth-order valence-electron chi connectivity index (χ4n) is 0.934. The maximum absolute atomic E-state index is 9.89. The number of benzene rings is 1. The Kier molecular flexibility index (Phi) is 6.31. The van der Waals surface area contributed by atoms with Crippen molar-refractivity contribution in [1.82, 2.24) is 0 Å². The highest BCUT2D eigenvalue weighted by Crippen LogP contribution is 2.28. The van der Waals surface area contributed by atoms with Crippen molar-refractivity contribution in [3.8, 4) is 11.5 Å². The van der Waals surface area contributed by atoms with Gasteiger partial charge in [-0.25, -0.2) is 0 Å². The van der Waals surface area contributed by atoms with Gasteiger partial charge in [0.1, 0.15) is 17.1 Å². The number of rotatable bonds is 3. The van der Waals surface area contributed by atoms with E-state index in [1.54, 1.807) is 38.1 Å². The zero-order valence-electron chi connectivity index (χ0n) is 11.5. The Labute approximate surface area is 113 Å². The van der Waals surface area contributed by atoms with E-state index in [2.05, 4.69) is 0 Å². The van der Waals surface area contributed by atoms with Crippen LogP contribution in [0.25, 0.3) is 0 Å². The van der Waals surface area contributed by atoms with Gasteiger partial charge in [-0.3, -0.25) is 0 Å². The van der Waals surface area contributed by atoms with Crippen LogP contribution in [0.4, 0.5) is 0 Å². The maximum atomic E-state index is 9.89. The number of hydrogen-bond acceptors (Lipinski definition) is 6. The molecule has 0 spiro atoms. The summed E-state index contributed by atoms with van der Waals surface area (Å²) in [6.45, 7) is 7.04. The Morgan fingerprint density at radius 1 is 0.947 bits per heavy atom. The van der Waals surface area contributed by atoms with Gasteiger partial charge >= 0.3 is 7.32 Å². The normalized spacial score (nSPS) is 11.4. The minimum absolute atomic E-state index is 0.198. The molecule has 0 amide bonds. The largest absolute Gasteiger partial charge is 0.631 e. The van der Waals surface area contributed by atoms with Crippen molar-refractivity contribution in [2.24, 2.45) is 0 Å². The summed E-state index contributed by atoms with van der Waals surface area (Å²) in [5.74, 6) is 0.823. The zero-order valence-corrected chi connectivity index (χ0v) is 11.5. The minimum atomic E-state index is -2.17. The Morgan fingerprint density at radius 2 is 1.32 bits per heavy atom. The molecule has 108 valence electrons. The van der Waals surface area contributed by atoms with Crippen LogP contribution < -0.4 is 4.74 Å². The molecule has 0 aliphatic carbocycles. The van der Waals surface area contributed by atoms with Crippen molar-refractivity contribution in [2.45, 2.75) is 38.9 Å². The van der Waals surface area contributed by atoms with E-state index in [9.17, 15) is 5.11 Å². The SMILES string of the molecule is CC(C)(O)C(C)(C)Oc1ccc(O)cc1.OB(O)O. The topological polar surface area (TPSA) is 110 Å². The highest BCUT2D eigenvalue weighted by atomic mass is 16.5. The summed E-state index contributed by atoms with van der Waals surface area (Å²) >= 11 is 0. The molecule has 7 heteroatoms. The van der Waals surface area contributed by atoms with Crippen LogP contribution in [0, 0.1) is 0 Å². The third-order valence-corrected chi connectivity index (χ3v) is 2.68. The fourth-order valence-corrected chi connectivity index (χ4v) is 0.934. The lowest BCUT2D eigenvalue weighted by molar-refractivity contribution is -0.0906. The summed E-state index contributed by atoms with van der Waals surface area (Å²) in [4.78, 5) is 0. The number of ether oxygens (including phenoxy) is 1. The number of aliphatic hydroxyl groups is 1. The van der Waals surface area contributed by atoms with Crippen molar-refractivity contribution >= 4 is 7.32 Å². The first-order chi connectivity index (χ1) is 8.45. The van der Waals surface area contributed by atoms with E-state index in [0.29, 0.717) is 5.75 Å². The molecule has 0 aliphatic rings. The smallest absolute Gasteiger partial charge is 0.508 e. The van der Waals surface area contributed by atoms with Crippen LogP contribution in [0.1, 0.15) is 27.7 Å². The molecule has 0 fully saturated rings. The molecular formula is C12H21BO6. The molecule has 5 N–H and O–H groups in total. The quantitative estimate of drug-likeness (QED) is 0.505. The summed E-state index contributed by atoms with van der Waals surface area (Å²) in [6.07, 6.45) is 0. The standard InChI is InChI=1S/C12H18O3.BH3O3/c1-11(2,14)12(3,4)15-10-7-5-9(13)6-8-10;2-1(3)4/h5-8,13-14H,1-4H3;2-4H. The number of hydrogen-bond donors (Lipinski definition) is 5. The van der Waals surface area contributed by atoms with Gasteiger partial charge in [-0.1, -0.05) is 0 Å². The molecule has 6 nitrogen and oxygen atoms in total. The first kappa shape index (κ1) is 17.7. The fraction of sp³-hybridized carbons (Fsp3) is 0.500. The van der Waals surface area contributed by atoms with Crippen molar-refractivity contribution < 1.29 is 30.0 Å². The number of phenolic OH excluding ortho intramolecular Hbond substituents is 1.